The Morgan fingerprint density at radius 3 is 2.48 bits per heavy atom. The zero-order chi connectivity index (χ0) is 15.4. The summed E-state index contributed by atoms with van der Waals surface area (Å²) in [4.78, 5) is 12.7. The van der Waals surface area contributed by atoms with E-state index in [1.54, 1.807) is 43.8 Å². The maximum absolute atomic E-state index is 11.6. The third-order valence-corrected chi connectivity index (χ3v) is 4.51. The maximum Gasteiger partial charge on any atom is 0.311 e. The predicted molar refractivity (Wildman–Crippen MR) is 82.7 cm³/mol. The summed E-state index contributed by atoms with van der Waals surface area (Å²) in [5.74, 6) is -0.293. The Hall–Kier alpha value is -2.01. The minimum Gasteiger partial charge on any atom is -0.493 e. The fraction of sp³-hybridized carbons (Fsp3) is 0.312. The van der Waals surface area contributed by atoms with Crippen molar-refractivity contribution in [3.8, 4) is 11.5 Å². The third kappa shape index (κ3) is 3.36. The van der Waals surface area contributed by atoms with E-state index in [4.69, 9.17) is 9.47 Å². The average molecular weight is 306 g/mol. The lowest BCUT2D eigenvalue weighted by atomic mass is 9.94. The van der Waals surface area contributed by atoms with E-state index in [9.17, 15) is 9.90 Å². The number of hydrogen-bond acceptors (Lipinski definition) is 4. The van der Waals surface area contributed by atoms with Crippen LogP contribution in [0.4, 0.5) is 0 Å². The molecule has 0 fully saturated rings. The highest BCUT2D eigenvalue weighted by Gasteiger charge is 2.23. The Bertz CT molecular complexity index is 633. The van der Waals surface area contributed by atoms with Crippen LogP contribution in [0.15, 0.2) is 29.6 Å². The molecule has 1 heterocycles. The second-order valence-electron chi connectivity index (χ2n) is 4.74. The molecule has 0 spiro atoms. The zero-order valence-electron chi connectivity index (χ0n) is 12.3. The molecular formula is C16H18O4S. The summed E-state index contributed by atoms with van der Waals surface area (Å²) in [5.41, 5.74) is 1.85. The van der Waals surface area contributed by atoms with E-state index in [0.29, 0.717) is 23.5 Å². The molecule has 21 heavy (non-hydrogen) atoms. The van der Waals surface area contributed by atoms with E-state index in [-0.39, 0.29) is 0 Å². The van der Waals surface area contributed by atoms with Gasteiger partial charge in [-0.25, -0.2) is 0 Å². The summed E-state index contributed by atoms with van der Waals surface area (Å²) < 4.78 is 10.4. The first-order valence-electron chi connectivity index (χ1n) is 6.54. The molecule has 1 N–H and O–H groups in total. The van der Waals surface area contributed by atoms with E-state index in [1.165, 1.54) is 0 Å². The molecule has 5 heteroatoms. The van der Waals surface area contributed by atoms with Crippen LogP contribution in [0.5, 0.6) is 11.5 Å². The number of benzene rings is 1. The number of carbonyl (C=O) groups is 1. The van der Waals surface area contributed by atoms with Crippen molar-refractivity contribution < 1.29 is 19.4 Å². The molecular weight excluding hydrogens is 288 g/mol. The normalized spacial score (nSPS) is 12.0. The number of thiophene rings is 1. The smallest absolute Gasteiger partial charge is 0.311 e. The van der Waals surface area contributed by atoms with E-state index in [1.807, 2.05) is 18.4 Å². The predicted octanol–water partition coefficient (Wildman–Crippen LogP) is 3.48. The summed E-state index contributed by atoms with van der Waals surface area (Å²) in [7, 11) is 3.10. The molecule has 2 aromatic rings. The van der Waals surface area contributed by atoms with Gasteiger partial charge in [-0.2, -0.15) is 0 Å². The first-order chi connectivity index (χ1) is 10.1. The largest absolute Gasteiger partial charge is 0.493 e. The second kappa shape index (κ2) is 6.63. The van der Waals surface area contributed by atoms with Crippen molar-refractivity contribution in [2.45, 2.75) is 19.3 Å². The van der Waals surface area contributed by atoms with Gasteiger partial charge in [-0.05, 0) is 48.1 Å². The van der Waals surface area contributed by atoms with E-state index in [0.717, 1.165) is 10.4 Å². The molecule has 1 aromatic heterocycles. The lowest BCUT2D eigenvalue weighted by molar-refractivity contribution is -0.138. The van der Waals surface area contributed by atoms with Crippen molar-refractivity contribution in [1.82, 2.24) is 0 Å². The van der Waals surface area contributed by atoms with Crippen LogP contribution in [0.2, 0.25) is 0 Å². The van der Waals surface area contributed by atoms with Gasteiger partial charge >= 0.3 is 5.97 Å². The Morgan fingerprint density at radius 1 is 1.24 bits per heavy atom. The lowest BCUT2D eigenvalue weighted by Gasteiger charge is -2.15. The second-order valence-corrected chi connectivity index (χ2v) is 5.74. The van der Waals surface area contributed by atoms with Crippen molar-refractivity contribution in [2.75, 3.05) is 14.2 Å². The highest BCUT2D eigenvalue weighted by atomic mass is 32.1. The van der Waals surface area contributed by atoms with E-state index >= 15 is 0 Å². The molecule has 0 aliphatic rings. The van der Waals surface area contributed by atoms with Crippen LogP contribution < -0.4 is 9.47 Å². The van der Waals surface area contributed by atoms with Gasteiger partial charge in [0.1, 0.15) is 0 Å². The molecule has 0 aliphatic carbocycles. The van der Waals surface area contributed by atoms with Crippen molar-refractivity contribution in [3.63, 3.8) is 0 Å². The first-order valence-corrected chi connectivity index (χ1v) is 7.42. The Kier molecular flexibility index (Phi) is 4.85. The molecule has 0 amide bonds. The van der Waals surface area contributed by atoms with Gasteiger partial charge in [-0.1, -0.05) is 6.07 Å². The molecule has 1 atom stereocenters. The minimum atomic E-state index is -0.838. The van der Waals surface area contributed by atoms with Crippen molar-refractivity contribution in [3.05, 3.63) is 45.6 Å². The Labute approximate surface area is 128 Å². The van der Waals surface area contributed by atoms with Crippen molar-refractivity contribution >= 4 is 17.3 Å². The molecule has 0 bridgehead atoms. The standard InChI is InChI=1S/C16H18O4S/c1-10-6-7-21-15(10)9-12(16(17)18)11-4-5-13(19-2)14(8-11)20-3/h4-8,12H,9H2,1-3H3,(H,17,18). The number of carboxylic acid groups (broad SMARTS) is 1. The molecule has 1 aromatic carbocycles. The van der Waals surface area contributed by atoms with Gasteiger partial charge < -0.3 is 14.6 Å². The van der Waals surface area contributed by atoms with Crippen LogP contribution in [-0.4, -0.2) is 25.3 Å². The van der Waals surface area contributed by atoms with Crippen LogP contribution in [0.3, 0.4) is 0 Å². The number of rotatable bonds is 6. The van der Waals surface area contributed by atoms with Crippen LogP contribution in [0, 0.1) is 6.92 Å². The lowest BCUT2D eigenvalue weighted by Crippen LogP contribution is -2.14. The summed E-state index contributed by atoms with van der Waals surface area (Å²) in [6.45, 7) is 2.00. The number of carboxylic acids is 1. The summed E-state index contributed by atoms with van der Waals surface area (Å²) in [6, 6.07) is 7.27. The number of hydrogen-bond donors (Lipinski definition) is 1. The molecule has 0 radical (unpaired) electrons. The van der Waals surface area contributed by atoms with Gasteiger partial charge in [0, 0.05) is 4.88 Å². The number of aryl methyl sites for hydroxylation is 1. The fourth-order valence-corrected chi connectivity index (χ4v) is 3.17. The molecule has 0 aliphatic heterocycles. The number of aliphatic carboxylic acids is 1. The van der Waals surface area contributed by atoms with Gasteiger partial charge in [-0.3, -0.25) is 4.79 Å². The average Bonchev–Trinajstić information content (AvgIpc) is 2.89. The van der Waals surface area contributed by atoms with Crippen molar-refractivity contribution in [2.24, 2.45) is 0 Å². The van der Waals surface area contributed by atoms with E-state index in [2.05, 4.69) is 0 Å². The molecule has 0 saturated heterocycles. The van der Waals surface area contributed by atoms with Crippen LogP contribution in [0.1, 0.15) is 21.9 Å². The van der Waals surface area contributed by atoms with Gasteiger partial charge in [0.25, 0.3) is 0 Å². The highest BCUT2D eigenvalue weighted by molar-refractivity contribution is 7.10. The SMILES string of the molecule is COc1ccc(C(Cc2sccc2C)C(=O)O)cc1OC. The van der Waals surface area contributed by atoms with Crippen LogP contribution in [-0.2, 0) is 11.2 Å². The topological polar surface area (TPSA) is 55.8 Å². The van der Waals surface area contributed by atoms with Crippen LogP contribution >= 0.6 is 11.3 Å². The highest BCUT2D eigenvalue weighted by Crippen LogP contribution is 2.33. The fourth-order valence-electron chi connectivity index (χ4n) is 2.22. The molecule has 2 rings (SSSR count). The van der Waals surface area contributed by atoms with Gasteiger partial charge in [0.2, 0.25) is 0 Å². The third-order valence-electron chi connectivity index (χ3n) is 3.47. The van der Waals surface area contributed by atoms with Crippen molar-refractivity contribution in [1.29, 1.82) is 0 Å². The van der Waals surface area contributed by atoms with E-state index < -0.39 is 11.9 Å². The van der Waals surface area contributed by atoms with Gasteiger partial charge in [0.15, 0.2) is 11.5 Å². The monoisotopic (exact) mass is 306 g/mol. The van der Waals surface area contributed by atoms with Crippen LogP contribution in [0.25, 0.3) is 0 Å². The molecule has 1 unspecified atom stereocenters. The zero-order valence-corrected chi connectivity index (χ0v) is 13.1. The first kappa shape index (κ1) is 15.4. The summed E-state index contributed by atoms with van der Waals surface area (Å²) in [5, 5.41) is 11.5. The number of methoxy groups -OCH3 is 2. The Morgan fingerprint density at radius 2 is 1.95 bits per heavy atom. The van der Waals surface area contributed by atoms with Gasteiger partial charge in [-0.15, -0.1) is 11.3 Å². The minimum absolute atomic E-state index is 0.480. The summed E-state index contributed by atoms with van der Waals surface area (Å²) in [6.07, 6.45) is 0.480. The summed E-state index contributed by atoms with van der Waals surface area (Å²) >= 11 is 1.59. The Balaban J connectivity index is 2.34. The quantitative estimate of drug-likeness (QED) is 0.887. The molecule has 4 nitrogen and oxygen atoms in total. The number of ether oxygens (including phenoxy) is 2. The maximum atomic E-state index is 11.6. The van der Waals surface area contributed by atoms with Gasteiger partial charge in [0.05, 0.1) is 20.1 Å². The molecule has 0 saturated carbocycles. The molecule has 112 valence electrons.